The number of nitro benzene ring substituents is 1. The van der Waals surface area contributed by atoms with Gasteiger partial charge in [0, 0.05) is 37.2 Å². The second-order valence-corrected chi connectivity index (χ2v) is 9.35. The molecule has 0 bridgehead atoms. The topological polar surface area (TPSA) is 130 Å². The molecule has 1 amide bonds. The summed E-state index contributed by atoms with van der Waals surface area (Å²) in [4.78, 5) is 30.9. The van der Waals surface area contributed by atoms with Crippen LogP contribution in [0.2, 0.25) is 5.02 Å². The van der Waals surface area contributed by atoms with E-state index >= 15 is 0 Å². The Labute approximate surface area is 211 Å². The molecule has 0 fully saturated rings. The lowest BCUT2D eigenvalue weighted by Crippen LogP contribution is -2.27. The molecule has 10 nitrogen and oxygen atoms in total. The van der Waals surface area contributed by atoms with Crippen molar-refractivity contribution in [1.29, 1.82) is 0 Å². The van der Waals surface area contributed by atoms with Crippen LogP contribution in [0.5, 0.6) is 0 Å². The van der Waals surface area contributed by atoms with E-state index in [0.29, 0.717) is 11.7 Å². The molecule has 3 aromatic rings. The first-order valence-corrected chi connectivity index (χ1v) is 12.0. The van der Waals surface area contributed by atoms with Gasteiger partial charge in [-0.15, -0.1) is 0 Å². The molecule has 4 rings (SSSR count). The maximum absolute atomic E-state index is 11.4. The van der Waals surface area contributed by atoms with Crippen molar-refractivity contribution in [2.75, 3.05) is 35.3 Å². The van der Waals surface area contributed by atoms with Gasteiger partial charge in [-0.2, -0.15) is 0 Å². The van der Waals surface area contributed by atoms with Crippen molar-refractivity contribution in [3.63, 3.8) is 0 Å². The molecule has 1 aliphatic heterocycles. The van der Waals surface area contributed by atoms with E-state index < -0.39 is 10.8 Å². The zero-order chi connectivity index (χ0) is 24.9. The molecule has 0 atom stereocenters. The third kappa shape index (κ3) is 5.81. The van der Waals surface area contributed by atoms with Gasteiger partial charge < -0.3 is 26.2 Å². The molecular weight excluding hydrogens is 490 g/mol. The minimum atomic E-state index is -0.599. The quantitative estimate of drug-likeness (QED) is 0.198. The highest BCUT2D eigenvalue weighted by Crippen LogP contribution is 2.33. The SMILES string of the molecule is Cc1cccc(Cl)c1N1C=CN(CCCNc2ccc([N+](=O)[O-])c(Nc3ncc(C(N)=O)s3)c2)C1. The Morgan fingerprint density at radius 3 is 2.86 bits per heavy atom. The number of nitrogens with one attached hydrogen (secondary N) is 2. The number of aromatic nitrogens is 1. The van der Waals surface area contributed by atoms with Crippen molar-refractivity contribution >= 4 is 56.7 Å². The van der Waals surface area contributed by atoms with Crippen LogP contribution in [-0.4, -0.2) is 40.5 Å². The number of aryl methyl sites for hydroxylation is 1. The van der Waals surface area contributed by atoms with Gasteiger partial charge in [-0.3, -0.25) is 14.9 Å². The van der Waals surface area contributed by atoms with Crippen LogP contribution in [0.4, 0.5) is 27.9 Å². The zero-order valence-corrected chi connectivity index (χ0v) is 20.5. The molecular formula is C23H24ClN7O3S. The lowest BCUT2D eigenvalue weighted by atomic mass is 10.2. The number of hydrogen-bond donors (Lipinski definition) is 3. The van der Waals surface area contributed by atoms with Gasteiger partial charge in [0.1, 0.15) is 10.6 Å². The van der Waals surface area contributed by atoms with Gasteiger partial charge in [-0.05, 0) is 37.1 Å². The molecule has 1 aromatic heterocycles. The number of carbonyl (C=O) groups excluding carboxylic acids is 1. The Bertz CT molecular complexity index is 1260. The number of nitro groups is 1. The van der Waals surface area contributed by atoms with Crippen LogP contribution in [0.15, 0.2) is 55.0 Å². The monoisotopic (exact) mass is 513 g/mol. The largest absolute Gasteiger partial charge is 0.385 e. The molecule has 0 aliphatic carbocycles. The van der Waals surface area contributed by atoms with Gasteiger partial charge in [0.15, 0.2) is 5.13 Å². The summed E-state index contributed by atoms with van der Waals surface area (Å²) in [6, 6.07) is 10.6. The summed E-state index contributed by atoms with van der Waals surface area (Å²) < 4.78 is 0. The number of para-hydroxylation sites is 1. The third-order valence-corrected chi connectivity index (χ3v) is 6.63. The van der Waals surface area contributed by atoms with E-state index in [4.69, 9.17) is 17.3 Å². The molecule has 1 aliphatic rings. The highest BCUT2D eigenvalue weighted by molar-refractivity contribution is 7.17. The van der Waals surface area contributed by atoms with E-state index in [-0.39, 0.29) is 16.3 Å². The second kappa shape index (κ2) is 10.6. The third-order valence-electron chi connectivity index (χ3n) is 5.40. The van der Waals surface area contributed by atoms with Crippen molar-refractivity contribution in [1.82, 2.24) is 9.88 Å². The van der Waals surface area contributed by atoms with E-state index in [1.165, 1.54) is 12.3 Å². The van der Waals surface area contributed by atoms with Crippen LogP contribution in [0.1, 0.15) is 21.7 Å². The van der Waals surface area contributed by atoms with Gasteiger partial charge in [-0.25, -0.2) is 4.98 Å². The fraction of sp³-hybridized carbons (Fsp3) is 0.217. The van der Waals surface area contributed by atoms with E-state index in [0.717, 1.165) is 52.9 Å². The summed E-state index contributed by atoms with van der Waals surface area (Å²) in [7, 11) is 0. The number of halogens is 1. The second-order valence-electron chi connectivity index (χ2n) is 7.92. The minimum absolute atomic E-state index is 0.0939. The predicted molar refractivity (Wildman–Crippen MR) is 139 cm³/mol. The van der Waals surface area contributed by atoms with Crippen molar-refractivity contribution in [3.8, 4) is 0 Å². The van der Waals surface area contributed by atoms with Gasteiger partial charge in [0.2, 0.25) is 0 Å². The number of rotatable bonds is 10. The van der Waals surface area contributed by atoms with Crippen LogP contribution >= 0.6 is 22.9 Å². The van der Waals surface area contributed by atoms with E-state index in [2.05, 4.69) is 25.4 Å². The molecule has 35 heavy (non-hydrogen) atoms. The van der Waals surface area contributed by atoms with Crippen LogP contribution in [-0.2, 0) is 0 Å². The van der Waals surface area contributed by atoms with Crippen LogP contribution in [0.25, 0.3) is 0 Å². The lowest BCUT2D eigenvalue weighted by molar-refractivity contribution is -0.383. The van der Waals surface area contributed by atoms with E-state index in [1.54, 1.807) is 12.1 Å². The summed E-state index contributed by atoms with van der Waals surface area (Å²) in [5, 5.41) is 18.7. The number of hydrogen-bond acceptors (Lipinski definition) is 9. The Hall–Kier alpha value is -3.83. The first-order chi connectivity index (χ1) is 16.8. The number of amides is 1. The summed E-state index contributed by atoms with van der Waals surface area (Å²) in [6.45, 7) is 4.27. The summed E-state index contributed by atoms with van der Waals surface area (Å²) >= 11 is 7.42. The van der Waals surface area contributed by atoms with Gasteiger partial charge in [-0.1, -0.05) is 35.1 Å². The number of primary amides is 1. The standard InChI is InChI=1S/C23H24ClN7O3S/c1-15-4-2-5-17(24)21(15)30-11-10-29(14-30)9-3-8-26-16-6-7-19(31(33)34)18(12-16)28-23-27-13-20(35-23)22(25)32/h2,4-7,10-13,26H,3,8-9,14H2,1H3,(H2,25,32)(H,27,28). The molecule has 0 radical (unpaired) electrons. The summed E-state index contributed by atoms with van der Waals surface area (Å²) in [6.07, 6.45) is 6.27. The molecule has 2 heterocycles. The Balaban J connectivity index is 1.32. The van der Waals surface area contributed by atoms with Crippen LogP contribution in [0.3, 0.4) is 0 Å². The van der Waals surface area contributed by atoms with Gasteiger partial charge >= 0.3 is 0 Å². The van der Waals surface area contributed by atoms with Crippen molar-refractivity contribution in [2.45, 2.75) is 13.3 Å². The number of anilines is 4. The average Bonchev–Trinajstić information content (AvgIpc) is 3.47. The molecule has 0 spiro atoms. The van der Waals surface area contributed by atoms with Gasteiger partial charge in [0.05, 0.1) is 28.5 Å². The molecule has 0 saturated heterocycles. The Kier molecular flexibility index (Phi) is 7.37. The number of benzene rings is 2. The lowest BCUT2D eigenvalue weighted by Gasteiger charge is -2.23. The fourth-order valence-electron chi connectivity index (χ4n) is 3.72. The first kappa shape index (κ1) is 24.3. The number of thiazole rings is 1. The van der Waals surface area contributed by atoms with Gasteiger partial charge in [0.25, 0.3) is 11.6 Å². The smallest absolute Gasteiger partial charge is 0.292 e. The highest BCUT2D eigenvalue weighted by atomic mass is 35.5. The Morgan fingerprint density at radius 1 is 1.31 bits per heavy atom. The van der Waals surface area contributed by atoms with Crippen molar-refractivity contribution in [3.05, 3.63) is 80.6 Å². The molecule has 2 aromatic carbocycles. The van der Waals surface area contributed by atoms with E-state index in [9.17, 15) is 14.9 Å². The average molecular weight is 514 g/mol. The van der Waals surface area contributed by atoms with Crippen LogP contribution < -0.4 is 21.3 Å². The number of carbonyl (C=O) groups is 1. The predicted octanol–water partition coefficient (Wildman–Crippen LogP) is 4.91. The fourth-order valence-corrected chi connectivity index (χ4v) is 4.73. The van der Waals surface area contributed by atoms with E-state index in [1.807, 2.05) is 37.5 Å². The molecule has 0 unspecified atom stereocenters. The maximum atomic E-state index is 11.4. The molecule has 12 heteroatoms. The Morgan fingerprint density at radius 2 is 2.14 bits per heavy atom. The summed E-state index contributed by atoms with van der Waals surface area (Å²) in [5.41, 5.74) is 8.31. The van der Waals surface area contributed by atoms with Crippen molar-refractivity contribution in [2.24, 2.45) is 5.73 Å². The number of nitrogens with two attached hydrogens (primary N) is 1. The highest BCUT2D eigenvalue weighted by Gasteiger charge is 2.18. The zero-order valence-electron chi connectivity index (χ0n) is 18.9. The minimum Gasteiger partial charge on any atom is -0.385 e. The van der Waals surface area contributed by atoms with Crippen molar-refractivity contribution < 1.29 is 9.72 Å². The normalized spacial score (nSPS) is 12.7. The molecule has 4 N–H and O–H groups in total. The van der Waals surface area contributed by atoms with Crippen LogP contribution in [0, 0.1) is 17.0 Å². The number of nitrogens with zero attached hydrogens (tertiary/aromatic N) is 4. The molecule has 182 valence electrons. The molecule has 0 saturated carbocycles. The summed E-state index contributed by atoms with van der Waals surface area (Å²) in [5.74, 6) is -0.599. The maximum Gasteiger partial charge on any atom is 0.292 e. The first-order valence-electron chi connectivity index (χ1n) is 10.8.